The Balaban J connectivity index is 2.74. The van der Waals surface area contributed by atoms with Crippen LogP contribution in [-0.4, -0.2) is 38.3 Å². The van der Waals surface area contributed by atoms with Gasteiger partial charge in [-0.25, -0.2) is 8.42 Å². The molecule has 0 radical (unpaired) electrons. The Bertz CT molecular complexity index is 608. The van der Waals surface area contributed by atoms with Gasteiger partial charge in [0.25, 0.3) is 0 Å². The largest absolute Gasteiger partial charge is 0.345 e. The molecule has 0 unspecified atom stereocenters. The topological polar surface area (TPSA) is 92.3 Å². The fourth-order valence-electron chi connectivity index (χ4n) is 1.71. The normalized spacial score (nSPS) is 12.5. The average molecular weight is 312 g/mol. The van der Waals surface area contributed by atoms with E-state index in [-0.39, 0.29) is 18.1 Å². The van der Waals surface area contributed by atoms with E-state index in [1.165, 1.54) is 6.92 Å². The monoisotopic (exact) mass is 312 g/mol. The molecule has 0 saturated carbocycles. The van der Waals surface area contributed by atoms with Gasteiger partial charge in [-0.15, -0.1) is 0 Å². The third kappa shape index (κ3) is 6.89. The van der Waals surface area contributed by atoms with Crippen LogP contribution in [-0.2, 0) is 19.4 Å². The van der Waals surface area contributed by atoms with Gasteiger partial charge in [-0.05, 0) is 25.5 Å². The molecule has 21 heavy (non-hydrogen) atoms. The lowest BCUT2D eigenvalue weighted by molar-refractivity contribution is -0.125. The molecule has 0 aliphatic carbocycles. The Morgan fingerprint density at radius 2 is 1.76 bits per heavy atom. The van der Waals surface area contributed by atoms with Gasteiger partial charge in [-0.3, -0.25) is 9.59 Å². The fraction of sp³-hybridized carbons (Fsp3) is 0.429. The third-order valence-corrected chi connectivity index (χ3v) is 3.77. The summed E-state index contributed by atoms with van der Waals surface area (Å²) < 4.78 is 22.4. The van der Waals surface area contributed by atoms with E-state index >= 15 is 0 Å². The van der Waals surface area contributed by atoms with Crippen molar-refractivity contribution in [3.05, 3.63) is 29.8 Å². The molecule has 1 aromatic rings. The second-order valence-electron chi connectivity index (χ2n) is 5.03. The van der Waals surface area contributed by atoms with Gasteiger partial charge < -0.3 is 10.6 Å². The first kappa shape index (κ1) is 17.2. The summed E-state index contributed by atoms with van der Waals surface area (Å²) in [5, 5.41) is 5.13. The van der Waals surface area contributed by atoms with Crippen molar-refractivity contribution >= 4 is 27.3 Å². The van der Waals surface area contributed by atoms with Crippen molar-refractivity contribution in [2.24, 2.45) is 0 Å². The maximum Gasteiger partial charge on any atom is 0.246 e. The van der Waals surface area contributed by atoms with Crippen LogP contribution in [0.4, 0.5) is 5.69 Å². The van der Waals surface area contributed by atoms with E-state index in [2.05, 4.69) is 10.6 Å². The number of rotatable bonds is 6. The van der Waals surface area contributed by atoms with E-state index in [4.69, 9.17) is 0 Å². The predicted molar refractivity (Wildman–Crippen MR) is 81.7 cm³/mol. The van der Waals surface area contributed by atoms with Crippen LogP contribution in [0.2, 0.25) is 0 Å². The molecule has 116 valence electrons. The van der Waals surface area contributed by atoms with Crippen molar-refractivity contribution in [2.45, 2.75) is 26.3 Å². The van der Waals surface area contributed by atoms with Crippen molar-refractivity contribution in [3.8, 4) is 0 Å². The number of benzene rings is 1. The Morgan fingerprint density at radius 1 is 1.19 bits per heavy atom. The van der Waals surface area contributed by atoms with Crippen LogP contribution in [0.1, 0.15) is 18.9 Å². The van der Waals surface area contributed by atoms with Gasteiger partial charge in [-0.1, -0.05) is 17.7 Å². The molecule has 1 rings (SSSR count). The summed E-state index contributed by atoms with van der Waals surface area (Å²) in [4.78, 5) is 23.3. The summed E-state index contributed by atoms with van der Waals surface area (Å²) >= 11 is 0. The van der Waals surface area contributed by atoms with Crippen LogP contribution in [0.5, 0.6) is 0 Å². The molecule has 2 amide bonds. The fourth-order valence-corrected chi connectivity index (χ4v) is 2.38. The highest BCUT2D eigenvalue weighted by Crippen LogP contribution is 2.10. The summed E-state index contributed by atoms with van der Waals surface area (Å²) in [6.45, 7) is 3.21. The van der Waals surface area contributed by atoms with Gasteiger partial charge in [-0.2, -0.15) is 0 Å². The second-order valence-corrected chi connectivity index (χ2v) is 7.29. The highest BCUT2D eigenvalue weighted by Gasteiger charge is 2.21. The standard InChI is InChI=1S/C14H20N2O4S/c1-10-4-6-12(7-5-10)16-14(18)13(15-11(2)17)8-9-21(3,19)20/h4-7,13H,8-9H2,1-3H3,(H,15,17)(H,16,18)/t13-/m0/s1. The highest BCUT2D eigenvalue weighted by atomic mass is 32.2. The molecule has 1 atom stereocenters. The molecule has 0 spiro atoms. The van der Waals surface area contributed by atoms with Gasteiger partial charge in [0.15, 0.2) is 0 Å². The minimum absolute atomic E-state index is 0.0378. The van der Waals surface area contributed by atoms with Crippen molar-refractivity contribution in [2.75, 3.05) is 17.3 Å². The summed E-state index contributed by atoms with van der Waals surface area (Å²) in [6.07, 6.45) is 1.13. The zero-order valence-electron chi connectivity index (χ0n) is 12.3. The highest BCUT2D eigenvalue weighted by molar-refractivity contribution is 7.90. The number of sulfone groups is 1. The number of aryl methyl sites for hydroxylation is 1. The van der Waals surface area contributed by atoms with Crippen molar-refractivity contribution in [3.63, 3.8) is 0 Å². The zero-order valence-corrected chi connectivity index (χ0v) is 13.2. The zero-order chi connectivity index (χ0) is 16.0. The summed E-state index contributed by atoms with van der Waals surface area (Å²) in [5.41, 5.74) is 1.66. The molecule has 7 heteroatoms. The molecule has 1 aromatic carbocycles. The van der Waals surface area contributed by atoms with Crippen molar-refractivity contribution < 1.29 is 18.0 Å². The van der Waals surface area contributed by atoms with Crippen LogP contribution < -0.4 is 10.6 Å². The molecule has 0 fully saturated rings. The number of carbonyl (C=O) groups excluding carboxylic acids is 2. The Morgan fingerprint density at radius 3 is 2.24 bits per heavy atom. The number of amides is 2. The van der Waals surface area contributed by atoms with Crippen molar-refractivity contribution in [1.29, 1.82) is 0 Å². The molecule has 0 saturated heterocycles. The van der Waals surface area contributed by atoms with E-state index in [9.17, 15) is 18.0 Å². The lowest BCUT2D eigenvalue weighted by Gasteiger charge is -2.17. The Hall–Kier alpha value is -1.89. The van der Waals surface area contributed by atoms with Crippen molar-refractivity contribution in [1.82, 2.24) is 5.32 Å². The molecule has 0 heterocycles. The van der Waals surface area contributed by atoms with Gasteiger partial charge in [0.1, 0.15) is 15.9 Å². The second kappa shape index (κ2) is 7.21. The van der Waals surface area contributed by atoms with Crippen LogP contribution in [0.25, 0.3) is 0 Å². The SMILES string of the molecule is CC(=O)N[C@@H](CCS(C)(=O)=O)C(=O)Nc1ccc(C)cc1. The summed E-state index contributed by atoms with van der Waals surface area (Å²) in [7, 11) is -3.20. The Kier molecular flexibility index (Phi) is 5.90. The number of nitrogens with one attached hydrogen (secondary N) is 2. The van der Waals surface area contributed by atoms with E-state index in [0.717, 1.165) is 11.8 Å². The number of hydrogen-bond acceptors (Lipinski definition) is 4. The van der Waals surface area contributed by atoms with E-state index in [0.29, 0.717) is 5.69 Å². The molecule has 0 aromatic heterocycles. The smallest absolute Gasteiger partial charge is 0.246 e. The van der Waals surface area contributed by atoms with Gasteiger partial charge in [0.05, 0.1) is 5.75 Å². The minimum Gasteiger partial charge on any atom is -0.345 e. The molecule has 2 N–H and O–H groups in total. The molecular formula is C14H20N2O4S. The van der Waals surface area contributed by atoms with Gasteiger partial charge >= 0.3 is 0 Å². The molecule has 6 nitrogen and oxygen atoms in total. The molecule has 0 aliphatic rings. The average Bonchev–Trinajstić information content (AvgIpc) is 2.35. The number of anilines is 1. The lowest BCUT2D eigenvalue weighted by Crippen LogP contribution is -2.43. The van der Waals surface area contributed by atoms with Crippen LogP contribution >= 0.6 is 0 Å². The molecule has 0 bridgehead atoms. The lowest BCUT2D eigenvalue weighted by atomic mass is 10.2. The number of carbonyl (C=O) groups is 2. The van der Waals surface area contributed by atoms with E-state index in [1.807, 2.05) is 19.1 Å². The van der Waals surface area contributed by atoms with Gasteiger partial charge in [0, 0.05) is 18.9 Å². The summed E-state index contributed by atoms with van der Waals surface area (Å²) in [5.74, 6) is -0.982. The maximum absolute atomic E-state index is 12.1. The van der Waals surface area contributed by atoms with Crippen LogP contribution in [0, 0.1) is 6.92 Å². The first-order valence-electron chi connectivity index (χ1n) is 6.50. The third-order valence-electron chi connectivity index (χ3n) is 2.79. The van der Waals surface area contributed by atoms with Gasteiger partial charge in [0.2, 0.25) is 11.8 Å². The van der Waals surface area contributed by atoms with E-state index in [1.54, 1.807) is 12.1 Å². The van der Waals surface area contributed by atoms with Crippen LogP contribution in [0.3, 0.4) is 0 Å². The summed E-state index contributed by atoms with van der Waals surface area (Å²) in [6, 6.07) is 6.31. The maximum atomic E-state index is 12.1. The predicted octanol–water partition coefficient (Wildman–Crippen LogP) is 0.873. The first-order valence-corrected chi connectivity index (χ1v) is 8.56. The molecular weight excluding hydrogens is 292 g/mol. The van der Waals surface area contributed by atoms with E-state index < -0.39 is 21.8 Å². The quantitative estimate of drug-likeness (QED) is 0.815. The molecule has 0 aliphatic heterocycles. The first-order chi connectivity index (χ1) is 9.67. The van der Waals surface area contributed by atoms with Crippen LogP contribution in [0.15, 0.2) is 24.3 Å². The Labute approximate surface area is 124 Å². The number of hydrogen-bond donors (Lipinski definition) is 2. The minimum atomic E-state index is -3.20.